The molecule has 5 nitrogen and oxygen atoms in total. The van der Waals surface area contributed by atoms with E-state index in [9.17, 15) is 0 Å². The van der Waals surface area contributed by atoms with Crippen LogP contribution in [0.2, 0.25) is 0 Å². The minimum absolute atomic E-state index is 0.304. The van der Waals surface area contributed by atoms with Crippen molar-refractivity contribution in [2.75, 3.05) is 32.1 Å². The van der Waals surface area contributed by atoms with Crippen molar-refractivity contribution >= 4 is 44.8 Å². The van der Waals surface area contributed by atoms with Gasteiger partial charge in [0.1, 0.15) is 11.6 Å². The lowest BCUT2D eigenvalue weighted by atomic mass is 10.1. The lowest BCUT2D eigenvalue weighted by molar-refractivity contribution is 0.295. The van der Waals surface area contributed by atoms with Gasteiger partial charge in [0.05, 0.1) is 12.6 Å². The van der Waals surface area contributed by atoms with Crippen LogP contribution in [-0.4, -0.2) is 47.7 Å². The van der Waals surface area contributed by atoms with Gasteiger partial charge in [-0.3, -0.25) is 0 Å². The van der Waals surface area contributed by atoms with Crippen molar-refractivity contribution in [1.29, 1.82) is 0 Å². The molecule has 0 aliphatic rings. The minimum atomic E-state index is 0.304. The standard InChI is InChI=1S/C26H33BrN4O/c1-5-31(6-2)17-7-8-19(3)28-26-23-18-22(32-4)14-15-24(23)29-25(30-26)16-11-20-9-12-21(27)13-10-20/h9-16,18-19H,5-8,17H2,1-4H3,(H,28,29,30)/b16-11+. The zero-order valence-corrected chi connectivity index (χ0v) is 21.0. The Morgan fingerprint density at radius 3 is 2.50 bits per heavy atom. The summed E-state index contributed by atoms with van der Waals surface area (Å²) in [4.78, 5) is 12.1. The van der Waals surface area contributed by atoms with E-state index in [2.05, 4.69) is 59.1 Å². The van der Waals surface area contributed by atoms with Crippen molar-refractivity contribution in [3.05, 3.63) is 58.3 Å². The second kappa shape index (κ2) is 12.0. The number of nitrogens with zero attached hydrogens (tertiary/aromatic N) is 3. The van der Waals surface area contributed by atoms with Crippen molar-refractivity contribution < 1.29 is 4.74 Å². The lowest BCUT2D eigenvalue weighted by Gasteiger charge is -2.20. The van der Waals surface area contributed by atoms with E-state index in [1.54, 1.807) is 7.11 Å². The molecule has 170 valence electrons. The Balaban J connectivity index is 1.82. The summed E-state index contributed by atoms with van der Waals surface area (Å²) >= 11 is 3.48. The number of fused-ring (bicyclic) bond motifs is 1. The van der Waals surface area contributed by atoms with Crippen LogP contribution in [0.3, 0.4) is 0 Å². The predicted molar refractivity (Wildman–Crippen MR) is 139 cm³/mol. The molecule has 0 spiro atoms. The molecule has 0 aliphatic heterocycles. The second-order valence-corrected chi connectivity index (χ2v) is 8.83. The Labute approximate surface area is 200 Å². The van der Waals surface area contributed by atoms with E-state index in [1.807, 2.05) is 42.5 Å². The third-order valence-corrected chi connectivity index (χ3v) is 6.13. The van der Waals surface area contributed by atoms with Crippen LogP contribution >= 0.6 is 15.9 Å². The quantitative estimate of drug-likeness (QED) is 0.328. The molecular formula is C26H33BrN4O. The summed E-state index contributed by atoms with van der Waals surface area (Å²) in [6.07, 6.45) is 6.23. The molecule has 1 atom stereocenters. The fraction of sp³-hybridized carbons (Fsp3) is 0.385. The summed E-state index contributed by atoms with van der Waals surface area (Å²) in [5, 5.41) is 4.60. The molecular weight excluding hydrogens is 464 g/mol. The van der Waals surface area contributed by atoms with Crippen molar-refractivity contribution in [2.45, 2.75) is 39.7 Å². The number of rotatable bonds is 11. The summed E-state index contributed by atoms with van der Waals surface area (Å²) in [5.41, 5.74) is 2.00. The van der Waals surface area contributed by atoms with Gasteiger partial charge in [0.2, 0.25) is 0 Å². The van der Waals surface area contributed by atoms with Crippen LogP contribution in [0, 0.1) is 0 Å². The monoisotopic (exact) mass is 496 g/mol. The van der Waals surface area contributed by atoms with E-state index in [-0.39, 0.29) is 0 Å². The zero-order chi connectivity index (χ0) is 22.9. The summed E-state index contributed by atoms with van der Waals surface area (Å²) in [6.45, 7) is 9.97. The number of halogens is 1. The van der Waals surface area contributed by atoms with Crippen LogP contribution in [0.15, 0.2) is 46.9 Å². The third-order valence-electron chi connectivity index (χ3n) is 5.60. The maximum atomic E-state index is 5.44. The van der Waals surface area contributed by atoms with Gasteiger partial charge in [-0.2, -0.15) is 0 Å². The van der Waals surface area contributed by atoms with Gasteiger partial charge in [0, 0.05) is 15.9 Å². The number of aromatic nitrogens is 2. The Morgan fingerprint density at radius 1 is 1.06 bits per heavy atom. The van der Waals surface area contributed by atoms with Gasteiger partial charge in [-0.1, -0.05) is 48.0 Å². The number of ether oxygens (including phenoxy) is 1. The van der Waals surface area contributed by atoms with E-state index >= 15 is 0 Å². The van der Waals surface area contributed by atoms with Gasteiger partial charge < -0.3 is 15.0 Å². The van der Waals surface area contributed by atoms with E-state index in [1.165, 1.54) is 0 Å². The SMILES string of the molecule is CCN(CC)CCCC(C)Nc1nc(/C=C/c2ccc(Br)cc2)nc2ccc(OC)cc12. The number of hydrogen-bond acceptors (Lipinski definition) is 5. The van der Waals surface area contributed by atoms with E-state index in [4.69, 9.17) is 14.7 Å². The Kier molecular flexibility index (Phi) is 9.06. The molecule has 0 saturated carbocycles. The van der Waals surface area contributed by atoms with Gasteiger partial charge in [-0.15, -0.1) is 0 Å². The molecule has 2 aromatic carbocycles. The number of anilines is 1. The molecule has 3 rings (SSSR count). The number of methoxy groups -OCH3 is 1. The smallest absolute Gasteiger partial charge is 0.154 e. The molecule has 0 aliphatic carbocycles. The number of nitrogens with one attached hydrogen (secondary N) is 1. The third kappa shape index (κ3) is 6.78. The first kappa shape index (κ1) is 24.2. The van der Waals surface area contributed by atoms with Gasteiger partial charge in [-0.05, 0) is 81.4 Å². The van der Waals surface area contributed by atoms with Crippen LogP contribution in [0.5, 0.6) is 5.75 Å². The largest absolute Gasteiger partial charge is 0.497 e. The van der Waals surface area contributed by atoms with Crippen molar-refractivity contribution in [3.8, 4) is 5.75 Å². The average molecular weight is 497 g/mol. The number of hydrogen-bond donors (Lipinski definition) is 1. The summed E-state index contributed by atoms with van der Waals surface area (Å²) in [5.74, 6) is 2.33. The molecule has 32 heavy (non-hydrogen) atoms. The lowest BCUT2D eigenvalue weighted by Crippen LogP contribution is -2.25. The summed E-state index contributed by atoms with van der Waals surface area (Å²) in [6, 6.07) is 14.4. The molecule has 1 unspecified atom stereocenters. The maximum Gasteiger partial charge on any atom is 0.154 e. The van der Waals surface area contributed by atoms with Crippen LogP contribution in [0.1, 0.15) is 45.0 Å². The molecule has 3 aromatic rings. The summed E-state index contributed by atoms with van der Waals surface area (Å²) < 4.78 is 6.50. The Hall–Kier alpha value is -2.44. The maximum absolute atomic E-state index is 5.44. The van der Waals surface area contributed by atoms with E-state index in [0.29, 0.717) is 11.9 Å². The number of benzene rings is 2. The van der Waals surface area contributed by atoms with Crippen molar-refractivity contribution in [1.82, 2.24) is 14.9 Å². The van der Waals surface area contributed by atoms with Crippen molar-refractivity contribution in [3.63, 3.8) is 0 Å². The predicted octanol–water partition coefficient (Wildman–Crippen LogP) is 6.49. The molecule has 0 bridgehead atoms. The highest BCUT2D eigenvalue weighted by atomic mass is 79.9. The average Bonchev–Trinajstić information content (AvgIpc) is 2.81. The fourth-order valence-electron chi connectivity index (χ4n) is 3.65. The molecule has 1 heterocycles. The first-order chi connectivity index (χ1) is 15.5. The van der Waals surface area contributed by atoms with Crippen LogP contribution in [0.25, 0.3) is 23.1 Å². The molecule has 6 heteroatoms. The molecule has 0 saturated heterocycles. The second-order valence-electron chi connectivity index (χ2n) is 7.91. The highest BCUT2D eigenvalue weighted by Gasteiger charge is 2.11. The van der Waals surface area contributed by atoms with E-state index in [0.717, 1.165) is 65.0 Å². The highest BCUT2D eigenvalue weighted by Crippen LogP contribution is 2.26. The van der Waals surface area contributed by atoms with Crippen molar-refractivity contribution in [2.24, 2.45) is 0 Å². The molecule has 1 aromatic heterocycles. The highest BCUT2D eigenvalue weighted by molar-refractivity contribution is 9.10. The topological polar surface area (TPSA) is 50.3 Å². The summed E-state index contributed by atoms with van der Waals surface area (Å²) in [7, 11) is 1.68. The Bertz CT molecular complexity index is 1030. The van der Waals surface area contributed by atoms with Gasteiger partial charge >= 0.3 is 0 Å². The first-order valence-corrected chi connectivity index (χ1v) is 12.1. The molecule has 1 N–H and O–H groups in total. The van der Waals surface area contributed by atoms with Crippen LogP contribution in [0.4, 0.5) is 5.82 Å². The normalized spacial score (nSPS) is 12.6. The van der Waals surface area contributed by atoms with Gasteiger partial charge in [0.25, 0.3) is 0 Å². The van der Waals surface area contributed by atoms with Gasteiger partial charge in [0.15, 0.2) is 5.82 Å². The van der Waals surface area contributed by atoms with E-state index < -0.39 is 0 Å². The molecule has 0 amide bonds. The zero-order valence-electron chi connectivity index (χ0n) is 19.4. The first-order valence-electron chi connectivity index (χ1n) is 11.3. The molecule has 0 radical (unpaired) electrons. The molecule has 0 fully saturated rings. The van der Waals surface area contributed by atoms with Crippen LogP contribution in [-0.2, 0) is 0 Å². The van der Waals surface area contributed by atoms with Crippen LogP contribution < -0.4 is 10.1 Å². The Morgan fingerprint density at radius 2 is 1.81 bits per heavy atom. The minimum Gasteiger partial charge on any atom is -0.497 e. The van der Waals surface area contributed by atoms with Gasteiger partial charge in [-0.25, -0.2) is 9.97 Å². The fourth-order valence-corrected chi connectivity index (χ4v) is 3.91.